The molecule has 1 rings (SSSR count). The smallest absolute Gasteiger partial charge is 0.326 e. The predicted octanol–water partition coefficient (Wildman–Crippen LogP) is 0.569. The van der Waals surface area contributed by atoms with Crippen LogP contribution in [-0.4, -0.2) is 39.2 Å². The highest BCUT2D eigenvalue weighted by Gasteiger charge is 2.20. The Morgan fingerprint density at radius 1 is 1.40 bits per heavy atom. The first kappa shape index (κ1) is 15.9. The zero-order valence-electron chi connectivity index (χ0n) is 10.8. The zero-order chi connectivity index (χ0) is 15.1. The minimum atomic E-state index is -1.27. The summed E-state index contributed by atoms with van der Waals surface area (Å²) in [5, 5.41) is 24.7. The summed E-state index contributed by atoms with van der Waals surface area (Å²) in [4.78, 5) is 36.9. The molecule has 0 fully saturated rings. The van der Waals surface area contributed by atoms with E-state index < -0.39 is 24.0 Å². The van der Waals surface area contributed by atoms with Gasteiger partial charge < -0.3 is 20.8 Å². The summed E-state index contributed by atoms with van der Waals surface area (Å²) < 4.78 is 0. The van der Waals surface area contributed by atoms with Crippen LogP contribution in [0.25, 0.3) is 0 Å². The van der Waals surface area contributed by atoms with E-state index in [9.17, 15) is 14.4 Å². The molecule has 2 amide bonds. The second kappa shape index (κ2) is 7.43. The number of urea groups is 1. The lowest BCUT2D eigenvalue weighted by Gasteiger charge is -2.13. The van der Waals surface area contributed by atoms with Crippen LogP contribution >= 0.6 is 11.3 Å². The highest BCUT2D eigenvalue weighted by Crippen LogP contribution is 2.07. The van der Waals surface area contributed by atoms with Gasteiger partial charge in [-0.25, -0.2) is 14.6 Å². The Kier molecular flexibility index (Phi) is 5.91. The van der Waals surface area contributed by atoms with Gasteiger partial charge in [0.1, 0.15) is 6.04 Å². The number of nitrogens with one attached hydrogen (secondary N) is 2. The number of carbonyl (C=O) groups excluding carboxylic acids is 1. The van der Waals surface area contributed by atoms with E-state index in [0.29, 0.717) is 5.69 Å². The summed E-state index contributed by atoms with van der Waals surface area (Å²) in [6.45, 7) is 2.02. The quantitative estimate of drug-likeness (QED) is 0.582. The molecular weight excluding hydrogens is 286 g/mol. The lowest BCUT2D eigenvalue weighted by molar-refractivity contribution is -0.140. The van der Waals surface area contributed by atoms with Crippen LogP contribution in [0.5, 0.6) is 0 Å². The van der Waals surface area contributed by atoms with Crippen molar-refractivity contribution in [2.45, 2.75) is 32.4 Å². The Hall–Kier alpha value is -2.16. The molecule has 110 valence electrons. The molecule has 0 unspecified atom stereocenters. The van der Waals surface area contributed by atoms with Gasteiger partial charge in [-0.1, -0.05) is 0 Å². The van der Waals surface area contributed by atoms with Crippen molar-refractivity contribution in [3.05, 3.63) is 16.1 Å². The molecular formula is C11H15N3O5S. The predicted molar refractivity (Wildman–Crippen MR) is 70.5 cm³/mol. The molecule has 1 atom stereocenters. The third-order valence-corrected chi connectivity index (χ3v) is 3.17. The average Bonchev–Trinajstić information content (AvgIpc) is 2.77. The number of hydrogen-bond donors (Lipinski definition) is 4. The van der Waals surface area contributed by atoms with Crippen LogP contribution in [0, 0.1) is 6.92 Å². The standard InChI is InChI=1S/C11H15N3O5S/c1-6-13-7(5-20-6)4-12-11(19)14-8(10(17)18)2-3-9(15)16/h5,8H,2-4H2,1H3,(H,15,16)(H,17,18)(H2,12,14,19)/t8-/m0/s1. The van der Waals surface area contributed by atoms with E-state index in [1.807, 2.05) is 6.92 Å². The number of nitrogens with zero attached hydrogens (tertiary/aromatic N) is 1. The summed E-state index contributed by atoms with van der Waals surface area (Å²) in [5.41, 5.74) is 0.681. The van der Waals surface area contributed by atoms with Crippen molar-refractivity contribution >= 4 is 29.3 Å². The normalized spacial score (nSPS) is 11.7. The molecule has 0 spiro atoms. The number of thiazole rings is 1. The summed E-state index contributed by atoms with van der Waals surface area (Å²) in [5.74, 6) is -2.39. The van der Waals surface area contributed by atoms with Crippen LogP contribution in [-0.2, 0) is 16.1 Å². The molecule has 9 heteroatoms. The van der Waals surface area contributed by atoms with Crippen molar-refractivity contribution < 1.29 is 24.6 Å². The highest BCUT2D eigenvalue weighted by atomic mass is 32.1. The third kappa shape index (κ3) is 5.65. The molecule has 8 nitrogen and oxygen atoms in total. The van der Waals surface area contributed by atoms with Gasteiger partial charge in [0.2, 0.25) is 0 Å². The maximum Gasteiger partial charge on any atom is 0.326 e. The summed E-state index contributed by atoms with van der Waals surface area (Å²) in [7, 11) is 0. The Morgan fingerprint density at radius 2 is 2.10 bits per heavy atom. The fourth-order valence-corrected chi connectivity index (χ4v) is 2.01. The van der Waals surface area contributed by atoms with Crippen LogP contribution in [0.2, 0.25) is 0 Å². The number of carbonyl (C=O) groups is 3. The van der Waals surface area contributed by atoms with Crippen LogP contribution in [0.3, 0.4) is 0 Å². The molecule has 1 heterocycles. The van der Waals surface area contributed by atoms with Crippen molar-refractivity contribution in [3.8, 4) is 0 Å². The number of aliphatic carboxylic acids is 2. The summed E-state index contributed by atoms with van der Waals surface area (Å²) in [6.07, 6.45) is -0.504. The largest absolute Gasteiger partial charge is 0.481 e. The maximum atomic E-state index is 11.5. The van der Waals surface area contributed by atoms with Gasteiger partial charge in [0.15, 0.2) is 0 Å². The summed E-state index contributed by atoms with van der Waals surface area (Å²) in [6, 6.07) is -1.91. The fraction of sp³-hybridized carbons (Fsp3) is 0.455. The second-order valence-electron chi connectivity index (χ2n) is 4.01. The fourth-order valence-electron chi connectivity index (χ4n) is 1.39. The number of amides is 2. The van der Waals surface area contributed by atoms with Crippen LogP contribution in [0.1, 0.15) is 23.5 Å². The number of carboxylic acid groups (broad SMARTS) is 2. The van der Waals surface area contributed by atoms with Gasteiger partial charge in [-0.3, -0.25) is 4.79 Å². The van der Waals surface area contributed by atoms with Crippen molar-refractivity contribution in [1.29, 1.82) is 0 Å². The number of aromatic nitrogens is 1. The van der Waals surface area contributed by atoms with E-state index in [1.165, 1.54) is 11.3 Å². The van der Waals surface area contributed by atoms with Gasteiger partial charge >= 0.3 is 18.0 Å². The van der Waals surface area contributed by atoms with Crippen molar-refractivity contribution in [3.63, 3.8) is 0 Å². The van der Waals surface area contributed by atoms with Crippen LogP contribution in [0.4, 0.5) is 4.79 Å². The van der Waals surface area contributed by atoms with Gasteiger partial charge in [-0.05, 0) is 13.3 Å². The molecule has 1 aromatic rings. The Morgan fingerprint density at radius 3 is 2.60 bits per heavy atom. The molecule has 0 aliphatic heterocycles. The number of hydrogen-bond acceptors (Lipinski definition) is 5. The minimum absolute atomic E-state index is 0.173. The van der Waals surface area contributed by atoms with E-state index in [0.717, 1.165) is 5.01 Å². The van der Waals surface area contributed by atoms with E-state index in [4.69, 9.17) is 10.2 Å². The third-order valence-electron chi connectivity index (χ3n) is 2.35. The van der Waals surface area contributed by atoms with Crippen molar-refractivity contribution in [2.75, 3.05) is 0 Å². The number of rotatable bonds is 7. The molecule has 20 heavy (non-hydrogen) atoms. The van der Waals surface area contributed by atoms with E-state index in [2.05, 4.69) is 15.6 Å². The molecule has 0 saturated heterocycles. The lowest BCUT2D eigenvalue weighted by atomic mass is 10.1. The van der Waals surface area contributed by atoms with Gasteiger partial charge in [0.05, 0.1) is 17.2 Å². The number of aryl methyl sites for hydroxylation is 1. The monoisotopic (exact) mass is 301 g/mol. The molecule has 0 aliphatic carbocycles. The van der Waals surface area contributed by atoms with Crippen molar-refractivity contribution in [1.82, 2.24) is 15.6 Å². The van der Waals surface area contributed by atoms with Crippen LogP contribution in [0.15, 0.2) is 5.38 Å². The van der Waals surface area contributed by atoms with Crippen LogP contribution < -0.4 is 10.6 Å². The molecule has 4 N–H and O–H groups in total. The SMILES string of the molecule is Cc1nc(CNC(=O)N[C@@H](CCC(=O)O)C(=O)O)cs1. The Bertz CT molecular complexity index is 502. The zero-order valence-corrected chi connectivity index (χ0v) is 11.6. The molecule has 1 aromatic heterocycles. The Labute approximate surface area is 118 Å². The molecule has 0 aromatic carbocycles. The molecule has 0 bridgehead atoms. The first-order valence-corrected chi connectivity index (χ1v) is 6.66. The highest BCUT2D eigenvalue weighted by molar-refractivity contribution is 7.09. The average molecular weight is 301 g/mol. The molecule has 0 radical (unpaired) electrons. The van der Waals surface area contributed by atoms with Gasteiger partial charge in [0.25, 0.3) is 0 Å². The summed E-state index contributed by atoms with van der Waals surface area (Å²) >= 11 is 1.44. The first-order valence-electron chi connectivity index (χ1n) is 5.78. The topological polar surface area (TPSA) is 129 Å². The van der Waals surface area contributed by atoms with Gasteiger partial charge in [-0.2, -0.15) is 0 Å². The second-order valence-corrected chi connectivity index (χ2v) is 5.07. The van der Waals surface area contributed by atoms with E-state index in [-0.39, 0.29) is 19.4 Å². The van der Waals surface area contributed by atoms with E-state index in [1.54, 1.807) is 5.38 Å². The Balaban J connectivity index is 2.41. The van der Waals surface area contributed by atoms with Crippen molar-refractivity contribution in [2.24, 2.45) is 0 Å². The molecule has 0 saturated carbocycles. The lowest BCUT2D eigenvalue weighted by Crippen LogP contribution is -2.46. The molecule has 0 aliphatic rings. The maximum absolute atomic E-state index is 11.5. The number of carboxylic acids is 2. The first-order chi connectivity index (χ1) is 9.38. The van der Waals surface area contributed by atoms with E-state index >= 15 is 0 Å². The minimum Gasteiger partial charge on any atom is -0.481 e. The van der Waals surface area contributed by atoms with Gasteiger partial charge in [-0.15, -0.1) is 11.3 Å². The van der Waals surface area contributed by atoms with Gasteiger partial charge in [0, 0.05) is 11.8 Å².